The molecule has 4 rings (SSSR count). The molecule has 2 amide bonds. The second-order valence-electron chi connectivity index (χ2n) is 6.88. The highest BCUT2D eigenvalue weighted by atomic mass is 35.5. The first-order valence-electron chi connectivity index (χ1n) is 9.27. The molecular weight excluding hydrogens is 437 g/mol. The van der Waals surface area contributed by atoms with E-state index in [-0.39, 0.29) is 11.8 Å². The Morgan fingerprint density at radius 3 is 2.23 bits per heavy atom. The average Bonchev–Trinajstić information content (AvgIpc) is 2.98. The number of imide groups is 1. The molecule has 1 heterocycles. The van der Waals surface area contributed by atoms with Gasteiger partial charge in [0.25, 0.3) is 11.8 Å². The van der Waals surface area contributed by atoms with Crippen molar-refractivity contribution in [3.63, 3.8) is 0 Å². The quantitative estimate of drug-likeness (QED) is 0.412. The lowest BCUT2D eigenvalue weighted by molar-refractivity contribution is -0.119. The summed E-state index contributed by atoms with van der Waals surface area (Å²) in [5.74, 6) is -0.166. The van der Waals surface area contributed by atoms with Crippen LogP contribution in [0.3, 0.4) is 0 Å². The van der Waals surface area contributed by atoms with Crippen LogP contribution in [-0.4, -0.2) is 11.8 Å². The normalized spacial score (nSPS) is 14.0. The van der Waals surface area contributed by atoms with Crippen molar-refractivity contribution in [1.82, 2.24) is 0 Å². The van der Waals surface area contributed by atoms with E-state index in [1.54, 1.807) is 30.3 Å². The molecule has 0 aromatic heterocycles. The zero-order valence-corrected chi connectivity index (χ0v) is 18.4. The molecule has 0 radical (unpaired) electrons. The van der Waals surface area contributed by atoms with Crippen molar-refractivity contribution < 1.29 is 9.59 Å². The van der Waals surface area contributed by atoms with Gasteiger partial charge in [-0.2, -0.15) is 0 Å². The number of nitrogens with zero attached hydrogens (tertiary/aromatic N) is 1. The van der Waals surface area contributed by atoms with Crippen LogP contribution in [0.1, 0.15) is 16.7 Å². The number of amides is 2. The molecule has 0 fully saturated rings. The standard InChI is InChI=1S/C24H17Cl2NO2S/c1-15-7-10-18(11-8-15)27-23(28)21(19-12-9-17(25)13-20(19)26)22(24(27)29)30-14-16-5-3-2-4-6-16/h2-13H,14H2,1H3. The van der Waals surface area contributed by atoms with Gasteiger partial charge in [0.2, 0.25) is 0 Å². The summed E-state index contributed by atoms with van der Waals surface area (Å²) in [6.45, 7) is 1.95. The van der Waals surface area contributed by atoms with Gasteiger partial charge in [0, 0.05) is 16.3 Å². The summed E-state index contributed by atoms with van der Waals surface area (Å²) in [6, 6.07) is 22.0. The van der Waals surface area contributed by atoms with Crippen molar-refractivity contribution in [2.75, 3.05) is 4.90 Å². The lowest BCUT2D eigenvalue weighted by Crippen LogP contribution is -2.31. The molecule has 0 spiro atoms. The lowest BCUT2D eigenvalue weighted by atomic mass is 10.1. The summed E-state index contributed by atoms with van der Waals surface area (Å²) in [5, 5.41) is 0.803. The van der Waals surface area contributed by atoms with Crippen molar-refractivity contribution >= 4 is 58.0 Å². The zero-order chi connectivity index (χ0) is 21.3. The molecule has 1 aliphatic rings. The highest BCUT2D eigenvalue weighted by molar-refractivity contribution is 8.03. The molecule has 3 aromatic rings. The third-order valence-electron chi connectivity index (χ3n) is 4.76. The monoisotopic (exact) mass is 453 g/mol. The smallest absolute Gasteiger partial charge is 0.268 e. The van der Waals surface area contributed by atoms with Crippen molar-refractivity contribution in [2.45, 2.75) is 12.7 Å². The predicted molar refractivity (Wildman–Crippen MR) is 125 cm³/mol. The van der Waals surface area contributed by atoms with Crippen LogP contribution >= 0.6 is 35.0 Å². The maximum atomic E-state index is 13.4. The minimum atomic E-state index is -0.386. The molecule has 3 nitrogen and oxygen atoms in total. The molecule has 0 aliphatic carbocycles. The van der Waals surface area contributed by atoms with Crippen LogP contribution in [-0.2, 0) is 15.3 Å². The van der Waals surface area contributed by atoms with E-state index in [1.165, 1.54) is 16.7 Å². The third kappa shape index (κ3) is 4.04. The highest BCUT2D eigenvalue weighted by Crippen LogP contribution is 2.41. The summed E-state index contributed by atoms with van der Waals surface area (Å²) in [5.41, 5.74) is 3.46. The van der Waals surface area contributed by atoms with E-state index < -0.39 is 0 Å². The second-order valence-corrected chi connectivity index (χ2v) is 8.71. The van der Waals surface area contributed by atoms with E-state index in [9.17, 15) is 9.59 Å². The molecule has 0 saturated heterocycles. The van der Waals surface area contributed by atoms with Gasteiger partial charge in [-0.15, -0.1) is 11.8 Å². The number of aryl methyl sites for hydroxylation is 1. The van der Waals surface area contributed by atoms with Gasteiger partial charge < -0.3 is 0 Å². The van der Waals surface area contributed by atoms with Gasteiger partial charge in [0.15, 0.2) is 0 Å². The van der Waals surface area contributed by atoms with Gasteiger partial charge in [-0.05, 0) is 36.8 Å². The van der Waals surface area contributed by atoms with E-state index in [1.807, 2.05) is 49.4 Å². The Morgan fingerprint density at radius 1 is 0.867 bits per heavy atom. The predicted octanol–water partition coefficient (Wildman–Crippen LogP) is 6.52. The number of rotatable bonds is 5. The molecular formula is C24H17Cl2NO2S. The Bertz CT molecular complexity index is 1160. The van der Waals surface area contributed by atoms with E-state index in [4.69, 9.17) is 23.2 Å². The Kier molecular flexibility index (Phi) is 6.00. The fourth-order valence-electron chi connectivity index (χ4n) is 3.23. The van der Waals surface area contributed by atoms with Crippen molar-refractivity contribution in [1.29, 1.82) is 0 Å². The molecule has 0 bridgehead atoms. The maximum Gasteiger partial charge on any atom is 0.272 e. The Labute approximate surface area is 189 Å². The molecule has 0 saturated carbocycles. The van der Waals surface area contributed by atoms with Crippen LogP contribution in [0.2, 0.25) is 10.0 Å². The molecule has 3 aromatic carbocycles. The molecule has 6 heteroatoms. The Hall–Kier alpha value is -2.53. The minimum absolute atomic E-state index is 0.308. The molecule has 1 aliphatic heterocycles. The zero-order valence-electron chi connectivity index (χ0n) is 16.1. The van der Waals surface area contributed by atoms with Gasteiger partial charge in [0.05, 0.1) is 21.2 Å². The first-order chi connectivity index (χ1) is 14.5. The minimum Gasteiger partial charge on any atom is -0.268 e. The number of hydrogen-bond acceptors (Lipinski definition) is 3. The number of thioether (sulfide) groups is 1. The van der Waals surface area contributed by atoms with Gasteiger partial charge in [-0.1, -0.05) is 77.3 Å². The SMILES string of the molecule is Cc1ccc(N2C(=O)C(SCc3ccccc3)=C(c3ccc(Cl)cc3Cl)C2=O)cc1. The molecule has 30 heavy (non-hydrogen) atoms. The number of carbonyl (C=O) groups excluding carboxylic acids is 2. The summed E-state index contributed by atoms with van der Waals surface area (Å²) >= 11 is 13.8. The number of carbonyl (C=O) groups is 2. The topological polar surface area (TPSA) is 37.4 Å². The van der Waals surface area contributed by atoms with Crippen molar-refractivity contribution in [3.05, 3.63) is 104 Å². The van der Waals surface area contributed by atoms with E-state index in [0.717, 1.165) is 11.1 Å². The summed E-state index contributed by atoms with van der Waals surface area (Å²) < 4.78 is 0. The largest absolute Gasteiger partial charge is 0.272 e. The van der Waals surface area contributed by atoms with Crippen LogP contribution in [0.15, 0.2) is 77.7 Å². The summed E-state index contributed by atoms with van der Waals surface area (Å²) in [6.07, 6.45) is 0. The summed E-state index contributed by atoms with van der Waals surface area (Å²) in [7, 11) is 0. The van der Waals surface area contributed by atoms with Gasteiger partial charge in [-0.3, -0.25) is 9.59 Å². The Morgan fingerprint density at radius 2 is 1.57 bits per heavy atom. The number of halogens is 2. The molecule has 150 valence electrons. The van der Waals surface area contributed by atoms with Gasteiger partial charge in [0.1, 0.15) is 0 Å². The van der Waals surface area contributed by atoms with Crippen LogP contribution in [0.25, 0.3) is 5.57 Å². The third-order valence-corrected chi connectivity index (χ3v) is 6.45. The number of anilines is 1. The Balaban J connectivity index is 1.78. The van der Waals surface area contributed by atoms with E-state index in [0.29, 0.717) is 37.5 Å². The number of hydrogen-bond donors (Lipinski definition) is 0. The highest BCUT2D eigenvalue weighted by Gasteiger charge is 2.40. The molecule has 0 N–H and O–H groups in total. The molecule has 0 unspecified atom stereocenters. The molecule has 0 atom stereocenters. The second kappa shape index (κ2) is 8.68. The first kappa shape index (κ1) is 20.7. The first-order valence-corrected chi connectivity index (χ1v) is 11.0. The van der Waals surface area contributed by atoms with Crippen LogP contribution < -0.4 is 4.90 Å². The maximum absolute atomic E-state index is 13.4. The van der Waals surface area contributed by atoms with Gasteiger partial charge in [-0.25, -0.2) is 4.90 Å². The lowest BCUT2D eigenvalue weighted by Gasteiger charge is -2.15. The van der Waals surface area contributed by atoms with Crippen LogP contribution in [0.4, 0.5) is 5.69 Å². The number of benzene rings is 3. The fourth-order valence-corrected chi connectivity index (χ4v) is 4.79. The average molecular weight is 454 g/mol. The van der Waals surface area contributed by atoms with Crippen LogP contribution in [0, 0.1) is 6.92 Å². The van der Waals surface area contributed by atoms with Crippen LogP contribution in [0.5, 0.6) is 0 Å². The van der Waals surface area contributed by atoms with Crippen molar-refractivity contribution in [3.8, 4) is 0 Å². The van der Waals surface area contributed by atoms with E-state index in [2.05, 4.69) is 0 Å². The van der Waals surface area contributed by atoms with Gasteiger partial charge >= 0.3 is 0 Å². The van der Waals surface area contributed by atoms with E-state index >= 15 is 0 Å². The van der Waals surface area contributed by atoms with Crippen molar-refractivity contribution in [2.24, 2.45) is 0 Å². The summed E-state index contributed by atoms with van der Waals surface area (Å²) in [4.78, 5) is 28.3. The fraction of sp³-hybridized carbons (Fsp3) is 0.0833.